The van der Waals surface area contributed by atoms with Crippen LogP contribution in [0.1, 0.15) is 24.5 Å². The van der Waals surface area contributed by atoms with Crippen molar-refractivity contribution in [1.82, 2.24) is 4.90 Å². The maximum atomic E-state index is 13.6. The van der Waals surface area contributed by atoms with Crippen LogP contribution in [-0.2, 0) is 22.4 Å². The number of halogens is 2. The average molecular weight is 528 g/mol. The summed E-state index contributed by atoms with van der Waals surface area (Å²) in [6.07, 6.45) is 0.0254. The van der Waals surface area contributed by atoms with E-state index in [9.17, 15) is 23.5 Å². The second-order valence-corrected chi connectivity index (χ2v) is 8.50. The number of carboxylic acid groups (broad SMARTS) is 1. The third-order valence-electron chi connectivity index (χ3n) is 5.71. The van der Waals surface area contributed by atoms with Gasteiger partial charge in [-0.25, -0.2) is 18.4 Å². The van der Waals surface area contributed by atoms with Crippen molar-refractivity contribution >= 4 is 12.1 Å². The summed E-state index contributed by atoms with van der Waals surface area (Å²) < 4.78 is 43.1. The summed E-state index contributed by atoms with van der Waals surface area (Å²) in [7, 11) is 0. The zero-order valence-electron chi connectivity index (χ0n) is 21.1. The van der Waals surface area contributed by atoms with Crippen molar-refractivity contribution in [3.63, 3.8) is 0 Å². The highest BCUT2D eigenvalue weighted by molar-refractivity contribution is 5.72. The van der Waals surface area contributed by atoms with Crippen molar-refractivity contribution in [2.24, 2.45) is 0 Å². The number of hydrogen-bond acceptors (Lipinski definition) is 5. The molecule has 0 fully saturated rings. The summed E-state index contributed by atoms with van der Waals surface area (Å²) in [5.41, 5.74) is 1.92. The number of carbonyl (C=O) groups excluding carboxylic acids is 1. The molecule has 1 amide bonds. The highest BCUT2D eigenvalue weighted by Crippen LogP contribution is 2.18. The number of benzene rings is 3. The number of carbonyl (C=O) groups is 2. The number of carboxylic acids is 1. The maximum Gasteiger partial charge on any atom is 0.415 e. The van der Waals surface area contributed by atoms with Gasteiger partial charge in [-0.1, -0.05) is 42.5 Å². The first kappa shape index (κ1) is 28.6. The van der Waals surface area contributed by atoms with Gasteiger partial charge in [0.2, 0.25) is 0 Å². The molecule has 1 unspecified atom stereocenters. The lowest BCUT2D eigenvalue weighted by molar-refractivity contribution is -0.149. The van der Waals surface area contributed by atoms with Crippen LogP contribution in [-0.4, -0.2) is 54.5 Å². The molecular formula is C29H31F2NO6. The van der Waals surface area contributed by atoms with Crippen LogP contribution in [0.3, 0.4) is 0 Å². The molecule has 0 heterocycles. The molecule has 9 heteroatoms. The lowest BCUT2D eigenvalue weighted by Crippen LogP contribution is -2.37. The highest BCUT2D eigenvalue weighted by Gasteiger charge is 2.19. The Hall–Kier alpha value is -3.98. The molecule has 38 heavy (non-hydrogen) atoms. The fraction of sp³-hybridized carbons (Fsp3) is 0.310. The summed E-state index contributed by atoms with van der Waals surface area (Å²) in [5, 5.41) is 9.25. The zero-order valence-corrected chi connectivity index (χ0v) is 21.1. The first-order valence-electron chi connectivity index (χ1n) is 12.4. The molecule has 202 valence electrons. The molecule has 7 nitrogen and oxygen atoms in total. The van der Waals surface area contributed by atoms with E-state index in [0.717, 1.165) is 29.7 Å². The van der Waals surface area contributed by atoms with E-state index >= 15 is 0 Å². The molecular weight excluding hydrogens is 496 g/mol. The molecule has 0 aromatic heterocycles. The van der Waals surface area contributed by atoms with Gasteiger partial charge in [0.1, 0.15) is 18.1 Å². The van der Waals surface area contributed by atoms with Crippen LogP contribution in [0.15, 0.2) is 72.8 Å². The van der Waals surface area contributed by atoms with Crippen LogP contribution in [0.25, 0.3) is 0 Å². The Labute approximate surface area is 220 Å². The van der Waals surface area contributed by atoms with E-state index < -0.39 is 29.8 Å². The Morgan fingerprint density at radius 2 is 1.61 bits per heavy atom. The zero-order chi connectivity index (χ0) is 27.3. The van der Waals surface area contributed by atoms with E-state index in [2.05, 4.69) is 0 Å². The molecule has 3 aromatic rings. The van der Waals surface area contributed by atoms with Crippen LogP contribution >= 0.6 is 0 Å². The van der Waals surface area contributed by atoms with Gasteiger partial charge in [0.25, 0.3) is 0 Å². The molecule has 0 spiro atoms. The van der Waals surface area contributed by atoms with Crippen LogP contribution in [0.2, 0.25) is 0 Å². The number of ether oxygens (including phenoxy) is 3. The van der Waals surface area contributed by atoms with E-state index in [1.54, 1.807) is 31.2 Å². The summed E-state index contributed by atoms with van der Waals surface area (Å²) in [5.74, 6) is -2.69. The van der Waals surface area contributed by atoms with Crippen molar-refractivity contribution in [3.8, 4) is 11.5 Å². The first-order valence-corrected chi connectivity index (χ1v) is 12.4. The largest absolute Gasteiger partial charge is 0.492 e. The topological polar surface area (TPSA) is 85.3 Å². The smallest absolute Gasteiger partial charge is 0.415 e. The second kappa shape index (κ2) is 14.7. The minimum absolute atomic E-state index is 0.0924. The second-order valence-electron chi connectivity index (χ2n) is 8.50. The number of aliphatic carboxylic acids is 1. The molecule has 1 atom stereocenters. The van der Waals surface area contributed by atoms with Crippen molar-refractivity contribution in [2.45, 2.75) is 32.3 Å². The van der Waals surface area contributed by atoms with Crippen LogP contribution in [0.4, 0.5) is 13.6 Å². The molecule has 0 saturated carbocycles. The van der Waals surface area contributed by atoms with Gasteiger partial charge in [-0.05, 0) is 55.2 Å². The Bertz CT molecular complexity index is 1170. The number of rotatable bonds is 14. The van der Waals surface area contributed by atoms with Crippen molar-refractivity contribution in [2.75, 3.05) is 26.3 Å². The average Bonchev–Trinajstić information content (AvgIpc) is 2.91. The molecule has 0 aliphatic heterocycles. The maximum absolute atomic E-state index is 13.6. The van der Waals surface area contributed by atoms with Gasteiger partial charge < -0.3 is 24.2 Å². The van der Waals surface area contributed by atoms with E-state index in [0.29, 0.717) is 25.3 Å². The van der Waals surface area contributed by atoms with E-state index in [4.69, 9.17) is 14.2 Å². The van der Waals surface area contributed by atoms with E-state index in [-0.39, 0.29) is 25.3 Å². The predicted octanol–water partition coefficient (Wildman–Crippen LogP) is 5.51. The van der Waals surface area contributed by atoms with Gasteiger partial charge in [0, 0.05) is 25.6 Å². The molecule has 0 radical (unpaired) electrons. The molecule has 0 saturated heterocycles. The molecule has 0 aliphatic carbocycles. The first-order chi connectivity index (χ1) is 18.4. The monoisotopic (exact) mass is 527 g/mol. The lowest BCUT2D eigenvalue weighted by atomic mass is 10.1. The number of aryl methyl sites for hydroxylation is 1. The Morgan fingerprint density at radius 3 is 2.26 bits per heavy atom. The highest BCUT2D eigenvalue weighted by atomic mass is 19.2. The molecule has 3 rings (SSSR count). The standard InChI is InChI=1S/C29H31F2NO6/c1-2-36-27(28(33)34)19-22-10-12-23(13-11-22)37-18-17-32(16-6-9-21-7-4-3-5-8-21)29(35)38-24-14-15-25(30)26(31)20-24/h3-5,7-8,10-15,20,27H,2,6,9,16-19H2,1H3,(H,33,34). The minimum atomic E-state index is -1.10. The molecule has 0 aliphatic rings. The molecule has 1 N–H and O–H groups in total. The number of amides is 1. The molecule has 0 bridgehead atoms. The van der Waals surface area contributed by atoms with Gasteiger partial charge in [-0.15, -0.1) is 0 Å². The Morgan fingerprint density at radius 1 is 0.895 bits per heavy atom. The normalized spacial score (nSPS) is 11.6. The number of hydrogen-bond donors (Lipinski definition) is 1. The number of nitrogens with zero attached hydrogens (tertiary/aromatic N) is 1. The third kappa shape index (κ3) is 9.15. The SMILES string of the molecule is CCOC(Cc1ccc(OCCN(CCCc2ccccc2)C(=O)Oc2ccc(F)c(F)c2)cc1)C(=O)O. The Kier molecular flexibility index (Phi) is 11.0. The summed E-state index contributed by atoms with van der Waals surface area (Å²) in [6, 6.07) is 19.7. The van der Waals surface area contributed by atoms with Gasteiger partial charge in [-0.3, -0.25) is 0 Å². The quantitative estimate of drug-likeness (QED) is 0.298. The van der Waals surface area contributed by atoms with Crippen molar-refractivity contribution in [3.05, 3.63) is 95.6 Å². The fourth-order valence-electron chi connectivity index (χ4n) is 3.75. The molecule has 3 aromatic carbocycles. The van der Waals surface area contributed by atoms with Gasteiger partial charge in [0.05, 0.1) is 6.54 Å². The lowest BCUT2D eigenvalue weighted by Gasteiger charge is -2.22. The van der Waals surface area contributed by atoms with E-state index in [1.165, 1.54) is 11.0 Å². The van der Waals surface area contributed by atoms with Crippen molar-refractivity contribution in [1.29, 1.82) is 0 Å². The fourth-order valence-corrected chi connectivity index (χ4v) is 3.75. The van der Waals surface area contributed by atoms with Crippen LogP contribution in [0.5, 0.6) is 11.5 Å². The van der Waals surface area contributed by atoms with Gasteiger partial charge in [0.15, 0.2) is 17.7 Å². The summed E-state index contributed by atoms with van der Waals surface area (Å²) in [4.78, 5) is 25.6. The van der Waals surface area contributed by atoms with Gasteiger partial charge in [-0.2, -0.15) is 0 Å². The van der Waals surface area contributed by atoms with Crippen LogP contribution in [0, 0.1) is 11.6 Å². The van der Waals surface area contributed by atoms with Gasteiger partial charge >= 0.3 is 12.1 Å². The summed E-state index contributed by atoms with van der Waals surface area (Å²) in [6.45, 7) is 2.77. The minimum Gasteiger partial charge on any atom is -0.492 e. The third-order valence-corrected chi connectivity index (χ3v) is 5.71. The van der Waals surface area contributed by atoms with E-state index in [1.807, 2.05) is 30.3 Å². The van der Waals surface area contributed by atoms with Crippen LogP contribution < -0.4 is 9.47 Å². The predicted molar refractivity (Wildman–Crippen MR) is 137 cm³/mol. The summed E-state index contributed by atoms with van der Waals surface area (Å²) >= 11 is 0. The van der Waals surface area contributed by atoms with Crippen molar-refractivity contribution < 1.29 is 37.7 Å². The Balaban J connectivity index is 1.57.